The first-order valence-corrected chi connectivity index (χ1v) is 7.10. The molecule has 17 heavy (non-hydrogen) atoms. The Bertz CT molecular complexity index is 312. The molecule has 0 saturated carbocycles. The van der Waals surface area contributed by atoms with Crippen molar-refractivity contribution in [3.8, 4) is 5.75 Å². The van der Waals surface area contributed by atoms with Gasteiger partial charge in [-0.05, 0) is 43.2 Å². The SMILES string of the molecule is CCC(C)c1ccccc1OCCCCCCl. The molecule has 0 aliphatic carbocycles. The molecule has 0 spiro atoms. The summed E-state index contributed by atoms with van der Waals surface area (Å²) in [4.78, 5) is 0. The number of para-hydroxylation sites is 1. The van der Waals surface area contributed by atoms with Crippen molar-refractivity contribution < 1.29 is 4.74 Å². The van der Waals surface area contributed by atoms with Gasteiger partial charge in [0.1, 0.15) is 5.75 Å². The number of benzene rings is 1. The predicted molar refractivity (Wildman–Crippen MR) is 75.2 cm³/mol. The van der Waals surface area contributed by atoms with Crippen LogP contribution in [0.1, 0.15) is 51.0 Å². The van der Waals surface area contributed by atoms with E-state index in [1.807, 2.05) is 6.07 Å². The van der Waals surface area contributed by atoms with Crippen LogP contribution in [0.5, 0.6) is 5.75 Å². The molecule has 0 amide bonds. The van der Waals surface area contributed by atoms with Crippen LogP contribution >= 0.6 is 11.6 Å². The van der Waals surface area contributed by atoms with Gasteiger partial charge in [-0.2, -0.15) is 0 Å². The van der Waals surface area contributed by atoms with Crippen LogP contribution in [0.4, 0.5) is 0 Å². The molecule has 1 aromatic carbocycles. The molecule has 0 heterocycles. The summed E-state index contributed by atoms with van der Waals surface area (Å²) in [6.07, 6.45) is 4.46. The molecule has 0 fully saturated rings. The number of rotatable bonds is 8. The normalized spacial score (nSPS) is 12.4. The Morgan fingerprint density at radius 2 is 1.94 bits per heavy atom. The largest absolute Gasteiger partial charge is 0.493 e. The van der Waals surface area contributed by atoms with Gasteiger partial charge in [-0.25, -0.2) is 0 Å². The summed E-state index contributed by atoms with van der Waals surface area (Å²) in [6.45, 7) is 5.25. The van der Waals surface area contributed by atoms with Gasteiger partial charge in [0.2, 0.25) is 0 Å². The first kappa shape index (κ1) is 14.4. The first-order chi connectivity index (χ1) is 8.29. The summed E-state index contributed by atoms with van der Waals surface area (Å²) in [5.74, 6) is 2.37. The summed E-state index contributed by atoms with van der Waals surface area (Å²) < 4.78 is 5.86. The Balaban J connectivity index is 2.46. The van der Waals surface area contributed by atoms with Crippen molar-refractivity contribution in [2.45, 2.75) is 45.4 Å². The second kappa shape index (κ2) is 8.41. The molecule has 1 atom stereocenters. The molecule has 0 aliphatic rings. The molecule has 0 N–H and O–H groups in total. The molecule has 0 aromatic heterocycles. The van der Waals surface area contributed by atoms with E-state index >= 15 is 0 Å². The number of alkyl halides is 1. The van der Waals surface area contributed by atoms with Gasteiger partial charge in [0, 0.05) is 5.88 Å². The van der Waals surface area contributed by atoms with Gasteiger partial charge in [0.15, 0.2) is 0 Å². The second-order valence-electron chi connectivity index (χ2n) is 4.45. The van der Waals surface area contributed by atoms with Gasteiger partial charge in [-0.1, -0.05) is 32.0 Å². The van der Waals surface area contributed by atoms with Gasteiger partial charge < -0.3 is 4.74 Å². The van der Waals surface area contributed by atoms with Crippen molar-refractivity contribution in [1.82, 2.24) is 0 Å². The number of ether oxygens (including phenoxy) is 1. The Morgan fingerprint density at radius 3 is 2.65 bits per heavy atom. The average Bonchev–Trinajstić information content (AvgIpc) is 2.38. The van der Waals surface area contributed by atoms with Crippen LogP contribution in [0, 0.1) is 0 Å². The maximum Gasteiger partial charge on any atom is 0.122 e. The van der Waals surface area contributed by atoms with Crippen molar-refractivity contribution in [3.05, 3.63) is 29.8 Å². The van der Waals surface area contributed by atoms with Crippen LogP contribution in [0.25, 0.3) is 0 Å². The summed E-state index contributed by atoms with van der Waals surface area (Å²) in [5, 5.41) is 0. The fraction of sp³-hybridized carbons (Fsp3) is 0.600. The third-order valence-corrected chi connectivity index (χ3v) is 3.37. The van der Waals surface area contributed by atoms with Crippen LogP contribution in [-0.2, 0) is 0 Å². The Morgan fingerprint density at radius 1 is 1.18 bits per heavy atom. The number of unbranched alkanes of at least 4 members (excludes halogenated alkanes) is 2. The van der Waals surface area contributed by atoms with Crippen molar-refractivity contribution in [3.63, 3.8) is 0 Å². The molecular formula is C15H23ClO. The van der Waals surface area contributed by atoms with Gasteiger partial charge in [0.05, 0.1) is 6.61 Å². The van der Waals surface area contributed by atoms with Gasteiger partial charge in [-0.15, -0.1) is 11.6 Å². The summed E-state index contributed by atoms with van der Waals surface area (Å²) in [5.41, 5.74) is 1.33. The highest BCUT2D eigenvalue weighted by Crippen LogP contribution is 2.28. The standard InChI is InChI=1S/C15H23ClO/c1-3-13(2)14-9-5-6-10-15(14)17-12-8-4-7-11-16/h5-6,9-10,13H,3-4,7-8,11-12H2,1-2H3. The van der Waals surface area contributed by atoms with Crippen molar-refractivity contribution in [2.24, 2.45) is 0 Å². The van der Waals surface area contributed by atoms with Crippen LogP contribution in [0.3, 0.4) is 0 Å². The van der Waals surface area contributed by atoms with Crippen LogP contribution in [-0.4, -0.2) is 12.5 Å². The van der Waals surface area contributed by atoms with Gasteiger partial charge in [0.25, 0.3) is 0 Å². The zero-order valence-corrected chi connectivity index (χ0v) is 11.7. The van der Waals surface area contributed by atoms with Gasteiger partial charge in [-0.3, -0.25) is 0 Å². The average molecular weight is 255 g/mol. The van der Waals surface area contributed by atoms with E-state index in [4.69, 9.17) is 16.3 Å². The van der Waals surface area contributed by atoms with E-state index in [1.165, 1.54) is 5.56 Å². The topological polar surface area (TPSA) is 9.23 Å². The van der Waals surface area contributed by atoms with E-state index in [0.717, 1.165) is 43.9 Å². The van der Waals surface area contributed by atoms with Crippen molar-refractivity contribution in [2.75, 3.05) is 12.5 Å². The minimum Gasteiger partial charge on any atom is -0.493 e. The minimum atomic E-state index is 0.564. The zero-order valence-electron chi connectivity index (χ0n) is 10.9. The second-order valence-corrected chi connectivity index (χ2v) is 4.82. The monoisotopic (exact) mass is 254 g/mol. The Kier molecular flexibility index (Phi) is 7.11. The lowest BCUT2D eigenvalue weighted by molar-refractivity contribution is 0.301. The fourth-order valence-corrected chi connectivity index (χ4v) is 1.98. The van der Waals surface area contributed by atoms with Crippen molar-refractivity contribution in [1.29, 1.82) is 0 Å². The predicted octanol–water partition coefficient (Wildman–Crippen LogP) is 4.99. The third-order valence-electron chi connectivity index (χ3n) is 3.10. The molecular weight excluding hydrogens is 232 g/mol. The highest BCUT2D eigenvalue weighted by Gasteiger charge is 2.08. The van der Waals surface area contributed by atoms with Gasteiger partial charge >= 0.3 is 0 Å². The van der Waals surface area contributed by atoms with E-state index in [-0.39, 0.29) is 0 Å². The highest BCUT2D eigenvalue weighted by atomic mass is 35.5. The molecule has 1 nitrogen and oxygen atoms in total. The molecule has 1 rings (SSSR count). The Hall–Kier alpha value is -0.690. The summed E-state index contributed by atoms with van der Waals surface area (Å²) >= 11 is 5.64. The highest BCUT2D eigenvalue weighted by molar-refractivity contribution is 6.17. The van der Waals surface area contributed by atoms with E-state index in [1.54, 1.807) is 0 Å². The Labute approximate surface area is 110 Å². The first-order valence-electron chi connectivity index (χ1n) is 6.57. The number of halogens is 1. The lowest BCUT2D eigenvalue weighted by Gasteiger charge is -2.15. The molecule has 0 aliphatic heterocycles. The van der Waals surface area contributed by atoms with E-state index in [9.17, 15) is 0 Å². The summed E-state index contributed by atoms with van der Waals surface area (Å²) in [7, 11) is 0. The van der Waals surface area contributed by atoms with Crippen LogP contribution < -0.4 is 4.74 Å². The number of hydrogen-bond donors (Lipinski definition) is 0. The zero-order chi connectivity index (χ0) is 12.5. The summed E-state index contributed by atoms with van der Waals surface area (Å²) in [6, 6.07) is 8.37. The molecule has 1 unspecified atom stereocenters. The van der Waals surface area contributed by atoms with Crippen LogP contribution in [0.2, 0.25) is 0 Å². The lowest BCUT2D eigenvalue weighted by Crippen LogP contribution is -2.02. The quantitative estimate of drug-likeness (QED) is 0.469. The fourth-order valence-electron chi connectivity index (χ4n) is 1.79. The molecule has 0 radical (unpaired) electrons. The minimum absolute atomic E-state index is 0.564. The van der Waals surface area contributed by atoms with Crippen LogP contribution in [0.15, 0.2) is 24.3 Å². The maximum absolute atomic E-state index is 5.86. The molecule has 1 aromatic rings. The van der Waals surface area contributed by atoms with E-state index < -0.39 is 0 Å². The van der Waals surface area contributed by atoms with E-state index in [0.29, 0.717) is 5.92 Å². The molecule has 0 saturated heterocycles. The molecule has 96 valence electrons. The smallest absolute Gasteiger partial charge is 0.122 e. The van der Waals surface area contributed by atoms with E-state index in [2.05, 4.69) is 32.0 Å². The third kappa shape index (κ3) is 4.99. The number of hydrogen-bond acceptors (Lipinski definition) is 1. The molecule has 0 bridgehead atoms. The molecule has 2 heteroatoms. The van der Waals surface area contributed by atoms with Crippen molar-refractivity contribution >= 4 is 11.6 Å². The maximum atomic E-state index is 5.86. The lowest BCUT2D eigenvalue weighted by atomic mass is 9.98.